The number of hydrogen-bond donors (Lipinski definition) is 2. The van der Waals surface area contributed by atoms with Crippen molar-refractivity contribution in [1.29, 1.82) is 0 Å². The monoisotopic (exact) mass is 556 g/mol. The maximum atomic E-state index is 13.7. The average Bonchev–Trinajstić information content (AvgIpc) is 3.28. The van der Waals surface area contributed by atoms with Crippen LogP contribution in [0.15, 0.2) is 42.9 Å². The zero-order chi connectivity index (χ0) is 28.8. The van der Waals surface area contributed by atoms with Gasteiger partial charge in [0.05, 0.1) is 35.1 Å². The molecule has 2 N–H and O–H groups in total. The number of amides is 1. The number of rotatable bonds is 5. The van der Waals surface area contributed by atoms with Gasteiger partial charge in [-0.3, -0.25) is 9.48 Å². The van der Waals surface area contributed by atoms with E-state index >= 15 is 0 Å². The van der Waals surface area contributed by atoms with E-state index in [2.05, 4.69) is 20.4 Å². The van der Waals surface area contributed by atoms with Crippen LogP contribution in [0.1, 0.15) is 37.0 Å². The molecule has 1 amide bonds. The van der Waals surface area contributed by atoms with E-state index in [4.69, 9.17) is 0 Å². The Balaban J connectivity index is 1.60. The van der Waals surface area contributed by atoms with Gasteiger partial charge in [-0.2, -0.15) is 31.4 Å². The number of halogens is 6. The number of hydrogen-bond acceptors (Lipinski definition) is 6. The quantitative estimate of drug-likeness (QED) is 0.429. The summed E-state index contributed by atoms with van der Waals surface area (Å²) in [4.78, 5) is 22.5. The molecule has 3 atom stereocenters. The smallest absolute Gasteiger partial charge is 0.389 e. The second-order valence-electron chi connectivity index (χ2n) is 9.92. The molecule has 210 valence electrons. The Bertz CT molecular complexity index is 1340. The molecule has 3 aromatic rings. The molecule has 1 saturated heterocycles. The van der Waals surface area contributed by atoms with Crippen LogP contribution in [0.25, 0.3) is 11.3 Å². The molecule has 8 nitrogen and oxygen atoms in total. The molecule has 4 heterocycles. The Morgan fingerprint density at radius 1 is 1.13 bits per heavy atom. The lowest BCUT2D eigenvalue weighted by molar-refractivity contribution is -0.142. The maximum absolute atomic E-state index is 13.7. The van der Waals surface area contributed by atoms with Gasteiger partial charge in [0, 0.05) is 36.7 Å². The Labute approximate surface area is 219 Å². The fraction of sp³-hybridized carbons (Fsp3) is 0.440. The number of alkyl halides is 6. The number of pyridine rings is 2. The second-order valence-corrected chi connectivity index (χ2v) is 9.92. The summed E-state index contributed by atoms with van der Waals surface area (Å²) in [5, 5.41) is 16.5. The van der Waals surface area contributed by atoms with E-state index < -0.39 is 41.8 Å². The maximum Gasteiger partial charge on any atom is 0.435 e. The third-order valence-corrected chi connectivity index (χ3v) is 6.99. The number of aliphatic hydroxyl groups is 1. The molecule has 0 bridgehead atoms. The first-order chi connectivity index (χ1) is 18.0. The van der Waals surface area contributed by atoms with Crippen LogP contribution in [-0.2, 0) is 12.7 Å². The second kappa shape index (κ2) is 10.1. The van der Waals surface area contributed by atoms with E-state index in [1.54, 1.807) is 11.8 Å². The number of aromatic nitrogens is 4. The molecule has 0 spiro atoms. The van der Waals surface area contributed by atoms with E-state index in [1.807, 2.05) is 13.8 Å². The van der Waals surface area contributed by atoms with E-state index in [0.29, 0.717) is 23.5 Å². The fourth-order valence-corrected chi connectivity index (χ4v) is 4.42. The Morgan fingerprint density at radius 2 is 1.79 bits per heavy atom. The Hall–Kier alpha value is -3.68. The van der Waals surface area contributed by atoms with Crippen LogP contribution in [0.3, 0.4) is 0 Å². The third kappa shape index (κ3) is 6.32. The molecule has 1 aliphatic rings. The van der Waals surface area contributed by atoms with Gasteiger partial charge in [0.1, 0.15) is 12.2 Å². The number of piperidine rings is 1. The van der Waals surface area contributed by atoms with Crippen molar-refractivity contribution < 1.29 is 36.2 Å². The Morgan fingerprint density at radius 3 is 2.41 bits per heavy atom. The van der Waals surface area contributed by atoms with Crippen molar-refractivity contribution in [3.05, 3.63) is 54.2 Å². The zero-order valence-corrected chi connectivity index (χ0v) is 21.2. The normalized spacial score (nSPS) is 22.2. The van der Waals surface area contributed by atoms with Gasteiger partial charge in [0.15, 0.2) is 5.69 Å². The first kappa shape index (κ1) is 28.3. The van der Waals surface area contributed by atoms with Gasteiger partial charge in [0.2, 0.25) is 0 Å². The van der Waals surface area contributed by atoms with Crippen LogP contribution in [0.5, 0.6) is 0 Å². The lowest BCUT2D eigenvalue weighted by Crippen LogP contribution is -2.54. The van der Waals surface area contributed by atoms with Crippen molar-refractivity contribution in [3.63, 3.8) is 0 Å². The van der Waals surface area contributed by atoms with Gasteiger partial charge in [-0.1, -0.05) is 19.9 Å². The molecule has 1 fully saturated rings. The minimum atomic E-state index is -4.87. The number of nitrogens with zero attached hydrogens (tertiary/aromatic N) is 5. The standard InChI is InChI=1S/C25H26F6N6O2/c1-14-10-36(11-15(2)23(14,3)39)17-7-20(21(32-9-17)25(29,30)31)35-22(38)19-6-4-5-18(34-19)16-8-33-37(12-16)13-24(26,27)28/h4-9,12,14-15,39H,10-11,13H2,1-3H3,(H,35,38)/t14-,15+,23?. The van der Waals surface area contributed by atoms with Crippen LogP contribution in [0, 0.1) is 11.8 Å². The average molecular weight is 557 g/mol. The molecule has 3 aromatic heterocycles. The van der Waals surface area contributed by atoms with Gasteiger partial charge < -0.3 is 15.3 Å². The van der Waals surface area contributed by atoms with Gasteiger partial charge in [-0.05, 0) is 25.1 Å². The first-order valence-corrected chi connectivity index (χ1v) is 12.0. The van der Waals surface area contributed by atoms with E-state index in [0.717, 1.165) is 18.6 Å². The summed E-state index contributed by atoms with van der Waals surface area (Å²) < 4.78 is 79.8. The molecule has 0 saturated carbocycles. The summed E-state index contributed by atoms with van der Waals surface area (Å²) in [6.07, 6.45) is -6.03. The van der Waals surface area contributed by atoms with Crippen molar-refractivity contribution in [1.82, 2.24) is 19.7 Å². The van der Waals surface area contributed by atoms with Crippen LogP contribution in [-0.4, -0.2) is 55.6 Å². The summed E-state index contributed by atoms with van der Waals surface area (Å²) >= 11 is 0. The highest BCUT2D eigenvalue weighted by Gasteiger charge is 2.41. The summed E-state index contributed by atoms with van der Waals surface area (Å²) in [6.45, 7) is 4.82. The lowest BCUT2D eigenvalue weighted by atomic mass is 9.76. The Kier molecular flexibility index (Phi) is 7.36. The van der Waals surface area contributed by atoms with Crippen LogP contribution in [0.2, 0.25) is 0 Å². The summed E-state index contributed by atoms with van der Waals surface area (Å²) in [6, 6.07) is 5.28. The summed E-state index contributed by atoms with van der Waals surface area (Å²) in [7, 11) is 0. The van der Waals surface area contributed by atoms with E-state index in [-0.39, 0.29) is 28.8 Å². The zero-order valence-electron chi connectivity index (χ0n) is 21.2. The SMILES string of the molecule is C[C@@H]1CN(c2cnc(C(F)(F)F)c(NC(=O)c3cccc(-c4cnn(CC(F)(F)F)c4)n3)c2)C[C@H](C)C1(C)O. The largest absolute Gasteiger partial charge is 0.435 e. The van der Waals surface area contributed by atoms with Gasteiger partial charge >= 0.3 is 12.4 Å². The van der Waals surface area contributed by atoms with Crippen molar-refractivity contribution in [2.45, 2.75) is 45.3 Å². The number of carbonyl (C=O) groups excluding carboxylic acids is 1. The van der Waals surface area contributed by atoms with Crippen molar-refractivity contribution >= 4 is 17.3 Å². The van der Waals surface area contributed by atoms with Crippen LogP contribution >= 0.6 is 0 Å². The molecule has 0 aliphatic carbocycles. The van der Waals surface area contributed by atoms with Gasteiger partial charge in [-0.25, -0.2) is 9.97 Å². The number of anilines is 2. The highest BCUT2D eigenvalue weighted by atomic mass is 19.4. The van der Waals surface area contributed by atoms with E-state index in [9.17, 15) is 36.2 Å². The predicted octanol–water partition coefficient (Wildman–Crippen LogP) is 5.02. The molecule has 4 rings (SSSR count). The third-order valence-electron chi connectivity index (χ3n) is 6.99. The predicted molar refractivity (Wildman–Crippen MR) is 130 cm³/mol. The van der Waals surface area contributed by atoms with Crippen LogP contribution in [0.4, 0.5) is 37.7 Å². The minimum absolute atomic E-state index is 0.113. The molecule has 39 heavy (non-hydrogen) atoms. The fourth-order valence-electron chi connectivity index (χ4n) is 4.42. The summed E-state index contributed by atoms with van der Waals surface area (Å²) in [5.41, 5.74) is -2.44. The van der Waals surface area contributed by atoms with Gasteiger partial charge in [-0.15, -0.1) is 0 Å². The van der Waals surface area contributed by atoms with Crippen molar-refractivity contribution in [3.8, 4) is 11.3 Å². The number of carbonyl (C=O) groups is 1. The molecular formula is C25H26F6N6O2. The summed E-state index contributed by atoms with van der Waals surface area (Å²) in [5.74, 6) is -1.34. The van der Waals surface area contributed by atoms with Crippen molar-refractivity contribution in [2.75, 3.05) is 23.3 Å². The van der Waals surface area contributed by atoms with Crippen LogP contribution < -0.4 is 10.2 Å². The van der Waals surface area contributed by atoms with Crippen molar-refractivity contribution in [2.24, 2.45) is 11.8 Å². The molecule has 1 aliphatic heterocycles. The highest BCUT2D eigenvalue weighted by Crippen LogP contribution is 2.38. The van der Waals surface area contributed by atoms with E-state index in [1.165, 1.54) is 24.3 Å². The molecule has 0 aromatic carbocycles. The minimum Gasteiger partial charge on any atom is -0.389 e. The molecular weight excluding hydrogens is 530 g/mol. The highest BCUT2D eigenvalue weighted by molar-refractivity contribution is 6.03. The topological polar surface area (TPSA) is 96.2 Å². The molecule has 0 radical (unpaired) electrons. The molecule has 14 heteroatoms. The lowest BCUT2D eigenvalue weighted by Gasteiger charge is -2.46. The number of nitrogens with one attached hydrogen (secondary N) is 1. The molecule has 1 unspecified atom stereocenters. The first-order valence-electron chi connectivity index (χ1n) is 12.0. The van der Waals surface area contributed by atoms with Gasteiger partial charge in [0.25, 0.3) is 5.91 Å².